The highest BCUT2D eigenvalue weighted by Crippen LogP contribution is 2.21. The lowest BCUT2D eigenvalue weighted by atomic mass is 10.1. The number of hydrogen-bond donors (Lipinski definition) is 3. The predicted octanol–water partition coefficient (Wildman–Crippen LogP) is 3.09. The number of hydrogen-bond acceptors (Lipinski definition) is 5. The van der Waals surface area contributed by atoms with Crippen LogP contribution in [-0.4, -0.2) is 39.8 Å². The molecule has 3 N–H and O–H groups in total. The van der Waals surface area contributed by atoms with E-state index in [0.29, 0.717) is 17.8 Å². The molecule has 0 atom stereocenters. The van der Waals surface area contributed by atoms with Gasteiger partial charge in [-0.15, -0.1) is 0 Å². The summed E-state index contributed by atoms with van der Waals surface area (Å²) in [4.78, 5) is 14.3. The Bertz CT molecular complexity index is 799. The van der Waals surface area contributed by atoms with Crippen LogP contribution in [0.1, 0.15) is 42.3 Å². The Balaban J connectivity index is 2.14. The largest absolute Gasteiger partial charge is 0.508 e. The normalized spacial score (nSPS) is 11.6. The second-order valence-corrected chi connectivity index (χ2v) is 5.99. The molecule has 2 aromatic carbocycles. The van der Waals surface area contributed by atoms with Gasteiger partial charge in [0.25, 0.3) is 5.91 Å². The Kier molecular flexibility index (Phi) is 6.74. The monoisotopic (exact) mass is 355 g/mol. The maximum atomic E-state index is 12.1. The first-order chi connectivity index (χ1) is 12.4. The Morgan fingerprint density at radius 1 is 1.08 bits per heavy atom. The summed E-state index contributed by atoms with van der Waals surface area (Å²) in [6.45, 7) is 8.38. The Morgan fingerprint density at radius 2 is 1.81 bits per heavy atom. The van der Waals surface area contributed by atoms with Gasteiger partial charge in [-0.2, -0.15) is 5.10 Å². The molecule has 0 saturated carbocycles. The molecule has 2 rings (SSSR count). The van der Waals surface area contributed by atoms with Crippen LogP contribution >= 0.6 is 0 Å². The molecule has 26 heavy (non-hydrogen) atoms. The lowest BCUT2D eigenvalue weighted by Gasteiger charge is -2.19. The summed E-state index contributed by atoms with van der Waals surface area (Å²) >= 11 is 0. The molecular formula is C20H25N3O3. The first kappa shape index (κ1) is 19.5. The van der Waals surface area contributed by atoms with Crippen LogP contribution in [0.3, 0.4) is 0 Å². The van der Waals surface area contributed by atoms with Crippen molar-refractivity contribution in [2.24, 2.45) is 5.10 Å². The molecule has 0 unspecified atom stereocenters. The molecule has 0 fully saturated rings. The molecule has 0 heterocycles. The third-order valence-electron chi connectivity index (χ3n) is 4.22. The number of phenols is 2. The summed E-state index contributed by atoms with van der Waals surface area (Å²) in [5.74, 6) is -0.127. The van der Waals surface area contributed by atoms with E-state index in [1.54, 1.807) is 31.2 Å². The van der Waals surface area contributed by atoms with Crippen LogP contribution in [-0.2, 0) is 6.54 Å². The van der Waals surface area contributed by atoms with Crippen molar-refractivity contribution in [2.75, 3.05) is 13.1 Å². The first-order valence-corrected chi connectivity index (χ1v) is 8.62. The fraction of sp³-hybridized carbons (Fsp3) is 0.300. The maximum absolute atomic E-state index is 12.1. The second-order valence-electron chi connectivity index (χ2n) is 5.99. The SMILES string of the molecule is CCN(CC)Cc1cc(/C(C)=N/NC(=O)c2cccc(O)c2)ccc1O. The number of amides is 1. The van der Waals surface area contributed by atoms with Gasteiger partial charge < -0.3 is 10.2 Å². The summed E-state index contributed by atoms with van der Waals surface area (Å²) in [6.07, 6.45) is 0. The van der Waals surface area contributed by atoms with Crippen molar-refractivity contribution in [2.45, 2.75) is 27.3 Å². The van der Waals surface area contributed by atoms with Crippen molar-refractivity contribution >= 4 is 11.6 Å². The van der Waals surface area contributed by atoms with Crippen molar-refractivity contribution in [3.05, 3.63) is 59.2 Å². The van der Waals surface area contributed by atoms with E-state index in [4.69, 9.17) is 0 Å². The molecule has 6 heteroatoms. The second kappa shape index (κ2) is 9.01. The van der Waals surface area contributed by atoms with Crippen LogP contribution in [0.5, 0.6) is 11.5 Å². The minimum atomic E-state index is -0.401. The number of hydrazone groups is 1. The van der Waals surface area contributed by atoms with Gasteiger partial charge in [0.15, 0.2) is 0 Å². The van der Waals surface area contributed by atoms with Gasteiger partial charge in [0.05, 0.1) is 5.71 Å². The minimum absolute atomic E-state index is 0.0259. The molecule has 6 nitrogen and oxygen atoms in total. The summed E-state index contributed by atoms with van der Waals surface area (Å²) in [5, 5.41) is 23.7. The summed E-state index contributed by atoms with van der Waals surface area (Å²) < 4.78 is 0. The Labute approximate surface area is 153 Å². The Hall–Kier alpha value is -2.86. The maximum Gasteiger partial charge on any atom is 0.271 e. The van der Waals surface area contributed by atoms with Crippen LogP contribution in [0.4, 0.5) is 0 Å². The lowest BCUT2D eigenvalue weighted by Crippen LogP contribution is -2.22. The molecule has 0 saturated heterocycles. The van der Waals surface area contributed by atoms with Crippen molar-refractivity contribution in [3.63, 3.8) is 0 Å². The van der Waals surface area contributed by atoms with E-state index >= 15 is 0 Å². The molecule has 0 radical (unpaired) electrons. The average Bonchev–Trinajstić information content (AvgIpc) is 2.65. The van der Waals surface area contributed by atoms with Crippen LogP contribution in [0, 0.1) is 0 Å². The highest BCUT2D eigenvalue weighted by molar-refractivity contribution is 6.01. The quantitative estimate of drug-likeness (QED) is 0.526. The third kappa shape index (κ3) is 5.07. The van der Waals surface area contributed by atoms with Gasteiger partial charge in [-0.3, -0.25) is 9.69 Å². The zero-order valence-electron chi connectivity index (χ0n) is 15.4. The first-order valence-electron chi connectivity index (χ1n) is 8.62. The summed E-state index contributed by atoms with van der Waals surface area (Å²) in [6, 6.07) is 11.4. The molecule has 2 aromatic rings. The molecular weight excluding hydrogens is 330 g/mol. The van der Waals surface area contributed by atoms with E-state index in [9.17, 15) is 15.0 Å². The fourth-order valence-electron chi connectivity index (χ4n) is 2.54. The van der Waals surface area contributed by atoms with Gasteiger partial charge in [-0.05, 0) is 62.0 Å². The number of benzene rings is 2. The standard InChI is InChI=1S/C20H25N3O3/c1-4-23(5-2)13-17-11-15(9-10-19(17)25)14(3)21-22-20(26)16-7-6-8-18(24)12-16/h6-12,24-25H,4-5,13H2,1-3H3,(H,22,26)/b21-14+. The number of phenolic OH excluding ortho intramolecular Hbond substituents is 2. The van der Waals surface area contributed by atoms with Gasteiger partial charge in [-0.25, -0.2) is 5.43 Å². The van der Waals surface area contributed by atoms with Crippen molar-refractivity contribution in [1.29, 1.82) is 0 Å². The number of carbonyl (C=O) groups is 1. The molecule has 138 valence electrons. The van der Waals surface area contributed by atoms with E-state index in [-0.39, 0.29) is 11.5 Å². The van der Waals surface area contributed by atoms with Gasteiger partial charge in [0.2, 0.25) is 0 Å². The molecule has 0 aliphatic rings. The Morgan fingerprint density at radius 3 is 2.46 bits per heavy atom. The van der Waals surface area contributed by atoms with E-state index < -0.39 is 5.91 Å². The van der Waals surface area contributed by atoms with Gasteiger partial charge in [-0.1, -0.05) is 19.9 Å². The van der Waals surface area contributed by atoms with Crippen LogP contribution in [0.2, 0.25) is 0 Å². The van der Waals surface area contributed by atoms with E-state index in [1.807, 2.05) is 6.07 Å². The zero-order valence-corrected chi connectivity index (χ0v) is 15.4. The molecule has 1 amide bonds. The van der Waals surface area contributed by atoms with Gasteiger partial charge in [0.1, 0.15) is 11.5 Å². The topological polar surface area (TPSA) is 85.2 Å². The van der Waals surface area contributed by atoms with Crippen LogP contribution < -0.4 is 5.43 Å². The van der Waals surface area contributed by atoms with E-state index in [1.165, 1.54) is 12.1 Å². The zero-order chi connectivity index (χ0) is 19.1. The number of nitrogens with zero attached hydrogens (tertiary/aromatic N) is 2. The number of rotatable bonds is 7. The highest BCUT2D eigenvalue weighted by Gasteiger charge is 2.10. The summed E-state index contributed by atoms with van der Waals surface area (Å²) in [5.41, 5.74) is 5.08. The molecule has 0 aliphatic heterocycles. The van der Waals surface area contributed by atoms with E-state index in [0.717, 1.165) is 24.2 Å². The molecule has 0 spiro atoms. The lowest BCUT2D eigenvalue weighted by molar-refractivity contribution is 0.0954. The van der Waals surface area contributed by atoms with Crippen molar-refractivity contribution in [3.8, 4) is 11.5 Å². The molecule has 0 aromatic heterocycles. The van der Waals surface area contributed by atoms with Crippen molar-refractivity contribution in [1.82, 2.24) is 10.3 Å². The molecule has 0 bridgehead atoms. The smallest absolute Gasteiger partial charge is 0.271 e. The summed E-state index contributed by atoms with van der Waals surface area (Å²) in [7, 11) is 0. The van der Waals surface area contributed by atoms with E-state index in [2.05, 4.69) is 29.3 Å². The number of carbonyl (C=O) groups excluding carboxylic acids is 1. The number of aromatic hydroxyl groups is 2. The fourth-order valence-corrected chi connectivity index (χ4v) is 2.54. The number of nitrogens with one attached hydrogen (secondary N) is 1. The molecule has 0 aliphatic carbocycles. The van der Waals surface area contributed by atoms with Crippen molar-refractivity contribution < 1.29 is 15.0 Å². The third-order valence-corrected chi connectivity index (χ3v) is 4.22. The average molecular weight is 355 g/mol. The highest BCUT2D eigenvalue weighted by atomic mass is 16.3. The van der Waals surface area contributed by atoms with Gasteiger partial charge in [0, 0.05) is 17.7 Å². The van der Waals surface area contributed by atoms with Crippen LogP contribution in [0.25, 0.3) is 0 Å². The van der Waals surface area contributed by atoms with Crippen LogP contribution in [0.15, 0.2) is 47.6 Å². The minimum Gasteiger partial charge on any atom is -0.508 e. The van der Waals surface area contributed by atoms with Gasteiger partial charge >= 0.3 is 0 Å². The predicted molar refractivity (Wildman–Crippen MR) is 103 cm³/mol.